The van der Waals surface area contributed by atoms with Gasteiger partial charge in [0.15, 0.2) is 11.6 Å². The van der Waals surface area contributed by atoms with Crippen LogP contribution in [0, 0.1) is 0 Å². The fraction of sp³-hybridized carbons (Fsp3) is 0.643. The molecular formula is C14H20FN5O3. The summed E-state index contributed by atoms with van der Waals surface area (Å²) in [5.74, 6) is 1.03. The highest BCUT2D eigenvalue weighted by Gasteiger charge is 2.36. The zero-order valence-electron chi connectivity index (χ0n) is 13.4. The maximum Gasteiger partial charge on any atom is 0.411 e. The van der Waals surface area contributed by atoms with E-state index >= 15 is 0 Å². The molecule has 1 saturated heterocycles. The third-order valence-corrected chi connectivity index (χ3v) is 3.52. The maximum atomic E-state index is 13.5. The van der Waals surface area contributed by atoms with Crippen molar-refractivity contribution in [1.29, 1.82) is 0 Å². The molecule has 8 nitrogen and oxygen atoms in total. The van der Waals surface area contributed by atoms with E-state index in [1.54, 1.807) is 9.47 Å². The van der Waals surface area contributed by atoms with E-state index in [1.165, 1.54) is 12.3 Å². The number of morpholine rings is 1. The Bertz CT molecular complexity index is 624. The molecule has 0 aromatic carbocycles. The van der Waals surface area contributed by atoms with Gasteiger partial charge in [-0.25, -0.2) is 4.79 Å². The van der Waals surface area contributed by atoms with E-state index in [-0.39, 0.29) is 13.3 Å². The first-order chi connectivity index (χ1) is 10.8. The van der Waals surface area contributed by atoms with Crippen molar-refractivity contribution < 1.29 is 18.7 Å². The van der Waals surface area contributed by atoms with E-state index in [4.69, 9.17) is 9.47 Å². The highest BCUT2D eigenvalue weighted by Crippen LogP contribution is 2.27. The van der Waals surface area contributed by atoms with Gasteiger partial charge in [0.1, 0.15) is 18.3 Å². The number of aromatic nitrogens is 3. The van der Waals surface area contributed by atoms with Crippen molar-refractivity contribution in [1.82, 2.24) is 24.8 Å². The molecule has 0 N–H and O–H groups in total. The highest BCUT2D eigenvalue weighted by atomic mass is 19.2. The van der Waals surface area contributed by atoms with Gasteiger partial charge >= 0.3 is 6.09 Å². The number of halogens is 1. The van der Waals surface area contributed by atoms with Crippen molar-refractivity contribution in [3.05, 3.63) is 17.8 Å². The monoisotopic (exact) mass is 325 g/mol. The van der Waals surface area contributed by atoms with Gasteiger partial charge in [-0.1, -0.05) is 4.48 Å². The van der Waals surface area contributed by atoms with Crippen LogP contribution in [0.5, 0.6) is 0 Å². The van der Waals surface area contributed by atoms with Crippen LogP contribution in [0.3, 0.4) is 0 Å². The number of amides is 1. The van der Waals surface area contributed by atoms with Gasteiger partial charge in [-0.15, -0.1) is 10.2 Å². The van der Waals surface area contributed by atoms with Gasteiger partial charge in [-0.2, -0.15) is 5.12 Å². The van der Waals surface area contributed by atoms with Crippen LogP contribution in [-0.2, 0) is 16.1 Å². The van der Waals surface area contributed by atoms with Crippen molar-refractivity contribution in [2.75, 3.05) is 19.8 Å². The lowest BCUT2D eigenvalue weighted by Gasteiger charge is -2.36. The predicted molar refractivity (Wildman–Crippen MR) is 78.5 cm³/mol. The summed E-state index contributed by atoms with van der Waals surface area (Å²) in [5, 5.41) is 8.69. The minimum atomic E-state index is -0.595. The number of hydrogen-bond donors (Lipinski definition) is 0. The van der Waals surface area contributed by atoms with Crippen LogP contribution >= 0.6 is 0 Å². The Hall–Kier alpha value is -2.16. The number of ether oxygens (including phenoxy) is 2. The minimum Gasteiger partial charge on any atom is -0.444 e. The number of fused-ring (bicyclic) bond motifs is 1. The number of carbonyl (C=O) groups is 1. The number of hydrogen-bond acceptors (Lipinski definition) is 6. The van der Waals surface area contributed by atoms with Crippen molar-refractivity contribution in [2.24, 2.45) is 0 Å². The summed E-state index contributed by atoms with van der Waals surface area (Å²) in [4.78, 5) is 14.0. The van der Waals surface area contributed by atoms with Crippen LogP contribution in [0.2, 0.25) is 0 Å². The van der Waals surface area contributed by atoms with Gasteiger partial charge < -0.3 is 9.47 Å². The Morgan fingerprint density at radius 1 is 1.43 bits per heavy atom. The molecule has 2 aliphatic rings. The summed E-state index contributed by atoms with van der Waals surface area (Å²) in [6.07, 6.45) is 2.38. The Labute approximate surface area is 133 Å². The van der Waals surface area contributed by atoms with Crippen LogP contribution in [-0.4, -0.2) is 56.2 Å². The zero-order valence-corrected chi connectivity index (χ0v) is 13.4. The van der Waals surface area contributed by atoms with Gasteiger partial charge in [0.05, 0.1) is 13.2 Å². The summed E-state index contributed by atoms with van der Waals surface area (Å²) in [5.41, 5.74) is -0.595. The van der Waals surface area contributed by atoms with Crippen LogP contribution in [0.25, 0.3) is 6.08 Å². The number of nitrogens with zero attached hydrogens (tertiary/aromatic N) is 5. The van der Waals surface area contributed by atoms with Crippen LogP contribution in [0.1, 0.15) is 38.5 Å². The largest absolute Gasteiger partial charge is 0.444 e. The minimum absolute atomic E-state index is 0.0210. The van der Waals surface area contributed by atoms with Gasteiger partial charge in [0.25, 0.3) is 0 Å². The average molecular weight is 325 g/mol. The molecule has 1 fully saturated rings. The van der Waals surface area contributed by atoms with Crippen LogP contribution in [0.15, 0.2) is 6.20 Å². The van der Waals surface area contributed by atoms with Gasteiger partial charge in [-0.3, -0.25) is 9.47 Å². The number of rotatable bonds is 1. The summed E-state index contributed by atoms with van der Waals surface area (Å²) in [6.45, 7) is 6.49. The quantitative estimate of drug-likeness (QED) is 0.732. The smallest absolute Gasteiger partial charge is 0.411 e. The van der Waals surface area contributed by atoms with Crippen molar-refractivity contribution in [2.45, 2.75) is 39.1 Å². The SMILES string of the molecule is CC(C)(C)OC(=O)N1CCOC[C@@H]1c1nnc2n1CN(F)C=C2. The van der Waals surface area contributed by atoms with E-state index < -0.39 is 17.7 Å². The molecule has 0 radical (unpaired) electrons. The molecule has 3 heterocycles. The Kier molecular flexibility index (Phi) is 3.97. The maximum absolute atomic E-state index is 13.5. The fourth-order valence-corrected chi connectivity index (χ4v) is 2.53. The molecule has 23 heavy (non-hydrogen) atoms. The lowest BCUT2D eigenvalue weighted by molar-refractivity contribution is -0.0375. The average Bonchev–Trinajstić information content (AvgIpc) is 2.88. The van der Waals surface area contributed by atoms with E-state index in [9.17, 15) is 9.28 Å². The molecule has 1 aromatic heterocycles. The second-order valence-electron chi connectivity index (χ2n) is 6.47. The summed E-state index contributed by atoms with van der Waals surface area (Å²) in [6, 6.07) is -0.459. The Balaban J connectivity index is 1.87. The molecule has 1 atom stereocenters. The Morgan fingerprint density at radius 3 is 2.96 bits per heavy atom. The third-order valence-electron chi connectivity index (χ3n) is 3.52. The standard InChI is InChI=1S/C14H20FN5O3/c1-14(2,3)23-13(21)19-6-7-22-8-10(19)12-17-16-11-4-5-18(15)9-20(11)12/h4-5,10H,6-9H2,1-3H3/t10-/m1/s1. The Morgan fingerprint density at radius 2 is 2.22 bits per heavy atom. The third kappa shape index (κ3) is 3.29. The first kappa shape index (κ1) is 15.7. The lowest BCUT2D eigenvalue weighted by Crippen LogP contribution is -2.46. The van der Waals surface area contributed by atoms with Gasteiger partial charge in [0.2, 0.25) is 0 Å². The first-order valence-electron chi connectivity index (χ1n) is 7.46. The van der Waals surface area contributed by atoms with Crippen molar-refractivity contribution in [3.8, 4) is 0 Å². The summed E-state index contributed by atoms with van der Waals surface area (Å²) >= 11 is 0. The normalized spacial score (nSPS) is 21.3. The van der Waals surface area contributed by atoms with E-state index in [0.717, 1.165) is 0 Å². The number of carbonyl (C=O) groups excluding carboxylic acids is 1. The lowest BCUT2D eigenvalue weighted by atomic mass is 10.2. The van der Waals surface area contributed by atoms with Crippen LogP contribution < -0.4 is 0 Å². The summed E-state index contributed by atoms with van der Waals surface area (Å²) < 4.78 is 26.0. The molecule has 126 valence electrons. The molecule has 2 aliphatic heterocycles. The molecule has 1 aromatic rings. The van der Waals surface area contributed by atoms with Gasteiger partial charge in [0, 0.05) is 18.8 Å². The van der Waals surface area contributed by atoms with E-state index in [1.807, 2.05) is 20.8 Å². The van der Waals surface area contributed by atoms with Crippen molar-refractivity contribution >= 4 is 12.2 Å². The highest BCUT2D eigenvalue weighted by molar-refractivity contribution is 5.69. The second-order valence-corrected chi connectivity index (χ2v) is 6.47. The second kappa shape index (κ2) is 5.80. The topological polar surface area (TPSA) is 72.7 Å². The van der Waals surface area contributed by atoms with Crippen molar-refractivity contribution in [3.63, 3.8) is 0 Å². The molecule has 9 heteroatoms. The molecule has 0 spiro atoms. The molecule has 0 bridgehead atoms. The molecule has 3 rings (SSSR count). The molecule has 0 unspecified atom stereocenters. The van der Waals surface area contributed by atoms with E-state index in [0.29, 0.717) is 29.9 Å². The van der Waals surface area contributed by atoms with Gasteiger partial charge in [-0.05, 0) is 20.8 Å². The first-order valence-corrected chi connectivity index (χ1v) is 7.46. The molecule has 1 amide bonds. The zero-order chi connectivity index (χ0) is 16.6. The molecule has 0 aliphatic carbocycles. The molecule has 0 saturated carbocycles. The van der Waals surface area contributed by atoms with E-state index in [2.05, 4.69) is 10.2 Å². The molecular weight excluding hydrogens is 305 g/mol. The van der Waals surface area contributed by atoms with Crippen LogP contribution in [0.4, 0.5) is 9.28 Å². The fourth-order valence-electron chi connectivity index (χ4n) is 2.53. The summed E-state index contributed by atoms with van der Waals surface area (Å²) in [7, 11) is 0. The predicted octanol–water partition coefficient (Wildman–Crippen LogP) is 1.71.